The van der Waals surface area contributed by atoms with Crippen molar-refractivity contribution in [2.24, 2.45) is 27.2 Å². The number of aromatic nitrogens is 1. The molecule has 5 aliphatic rings. The van der Waals surface area contributed by atoms with Crippen LogP contribution in [0.25, 0.3) is 5.57 Å². The minimum atomic E-state index is -0.791. The molecule has 5 fully saturated rings. The van der Waals surface area contributed by atoms with E-state index in [0.717, 1.165) is 74.2 Å². The number of β-amino-alcohol motifs (C(OH)–C–C–N with tert-alkyl or cyclic N) is 1. The van der Waals surface area contributed by atoms with Gasteiger partial charge in [-0.1, -0.05) is 58.1 Å². The Labute approximate surface area is 329 Å². The highest BCUT2D eigenvalue weighted by molar-refractivity contribution is 6.10. The molecule has 1 saturated heterocycles. The van der Waals surface area contributed by atoms with Crippen LogP contribution in [-0.4, -0.2) is 71.5 Å². The average molecular weight is 759 g/mol. The Kier molecular flexibility index (Phi) is 15.6. The number of aliphatic hydroxyl groups excluding tert-OH is 1. The van der Waals surface area contributed by atoms with Crippen LogP contribution < -0.4 is 15.4 Å². The number of aliphatic imine (C=N–C) groups is 1. The number of allylic oxidation sites excluding steroid dienone is 1. The smallest absolute Gasteiger partial charge is 0.381 e. The van der Waals surface area contributed by atoms with Crippen LogP contribution in [0.1, 0.15) is 135 Å². The molecule has 2 aromatic rings. The summed E-state index contributed by atoms with van der Waals surface area (Å²) in [4.78, 5) is 46.7. The Morgan fingerprint density at radius 1 is 1.02 bits per heavy atom. The van der Waals surface area contributed by atoms with E-state index in [4.69, 9.17) is 20.6 Å². The molecular formula is C44H66N6O5. The molecule has 0 atom stereocenters. The van der Waals surface area contributed by atoms with Crippen LogP contribution >= 0.6 is 0 Å². The summed E-state index contributed by atoms with van der Waals surface area (Å²) < 4.78 is 5.54. The zero-order valence-electron chi connectivity index (χ0n) is 34.5. The molecule has 1 aromatic carbocycles. The van der Waals surface area contributed by atoms with Crippen molar-refractivity contribution in [2.45, 2.75) is 142 Å². The lowest BCUT2D eigenvalue weighted by molar-refractivity contribution is -0.124. The molecule has 1 aromatic heterocycles. The third-order valence-electron chi connectivity index (χ3n) is 12.0. The first-order valence-electron chi connectivity index (χ1n) is 20.4. The molecule has 3 N–H and O–H groups in total. The van der Waals surface area contributed by atoms with Gasteiger partial charge < -0.3 is 20.5 Å². The van der Waals surface area contributed by atoms with E-state index < -0.39 is 12.1 Å². The zero-order valence-corrected chi connectivity index (χ0v) is 34.5. The summed E-state index contributed by atoms with van der Waals surface area (Å²) in [7, 11) is 1.74. The van der Waals surface area contributed by atoms with Crippen molar-refractivity contribution in [3.05, 3.63) is 64.3 Å². The van der Waals surface area contributed by atoms with Crippen molar-refractivity contribution in [3.63, 3.8) is 0 Å². The molecule has 3 amide bonds. The van der Waals surface area contributed by atoms with Crippen LogP contribution in [0.2, 0.25) is 0 Å². The number of urea groups is 1. The molecule has 4 aliphatic carbocycles. The Balaban J connectivity index is 0.000000440. The number of methoxy groups -OCH3 is 1. The van der Waals surface area contributed by atoms with Crippen LogP contribution in [0.3, 0.4) is 0 Å². The molecule has 302 valence electrons. The first kappa shape index (κ1) is 43.6. The second-order valence-electron chi connectivity index (χ2n) is 17.1. The Morgan fingerprint density at radius 2 is 1.65 bits per heavy atom. The fraction of sp³-hybridized carbons (Fsp3) is 0.636. The quantitative estimate of drug-likeness (QED) is 0.191. The Morgan fingerprint density at radius 3 is 2.16 bits per heavy atom. The maximum absolute atomic E-state index is 14.2. The number of fused-ring (bicyclic) bond motifs is 3. The van der Waals surface area contributed by atoms with Gasteiger partial charge in [0.25, 0.3) is 0 Å². The number of hydrogen-bond donors (Lipinski definition) is 2. The van der Waals surface area contributed by atoms with Gasteiger partial charge in [-0.15, -0.1) is 4.91 Å². The summed E-state index contributed by atoms with van der Waals surface area (Å²) in [5, 5.41) is 10.8. The lowest BCUT2D eigenvalue weighted by atomic mass is 9.51. The van der Waals surface area contributed by atoms with Crippen molar-refractivity contribution in [3.8, 4) is 5.75 Å². The van der Waals surface area contributed by atoms with E-state index in [1.54, 1.807) is 13.3 Å². The van der Waals surface area contributed by atoms with Gasteiger partial charge in [-0.05, 0) is 125 Å². The molecule has 1 aliphatic heterocycles. The number of rotatable bonds is 9. The fourth-order valence-corrected chi connectivity index (χ4v) is 8.21. The number of amides is 3. The highest BCUT2D eigenvalue weighted by Crippen LogP contribution is 2.58. The van der Waals surface area contributed by atoms with Crippen molar-refractivity contribution >= 4 is 29.5 Å². The largest absolute Gasteiger partial charge is 0.496 e. The number of carbonyl (C=O) groups excluding carboxylic acids is 2. The van der Waals surface area contributed by atoms with Crippen LogP contribution in [0.4, 0.5) is 10.6 Å². The van der Waals surface area contributed by atoms with Crippen molar-refractivity contribution < 1.29 is 19.4 Å². The average Bonchev–Trinajstić information content (AvgIpc) is 3.19. The van der Waals surface area contributed by atoms with E-state index in [1.807, 2.05) is 24.5 Å². The number of aliphatic hydroxyl groups is 1. The van der Waals surface area contributed by atoms with Gasteiger partial charge in [0.2, 0.25) is 5.91 Å². The normalized spacial score (nSPS) is 22.8. The summed E-state index contributed by atoms with van der Waals surface area (Å²) in [6, 6.07) is 9.97. The van der Waals surface area contributed by atoms with Gasteiger partial charge in [0, 0.05) is 41.8 Å². The highest BCUT2D eigenvalue weighted by Gasteiger charge is 2.50. The molecule has 11 nitrogen and oxygen atoms in total. The molecule has 2 heterocycles. The molecule has 0 radical (unpaired) electrons. The fourth-order valence-electron chi connectivity index (χ4n) is 8.21. The number of anilines is 1. The molecule has 55 heavy (non-hydrogen) atoms. The van der Waals surface area contributed by atoms with E-state index in [0.29, 0.717) is 0 Å². The molecule has 11 heteroatoms. The van der Waals surface area contributed by atoms with Crippen LogP contribution in [0.5, 0.6) is 5.75 Å². The number of pyridine rings is 1. The molecule has 0 spiro atoms. The van der Waals surface area contributed by atoms with Crippen LogP contribution in [0, 0.1) is 23.2 Å². The molecule has 7 rings (SSSR count). The second-order valence-corrected chi connectivity index (χ2v) is 17.1. The predicted molar refractivity (Wildman–Crippen MR) is 222 cm³/mol. The third-order valence-corrected chi connectivity index (χ3v) is 12.0. The third kappa shape index (κ3) is 11.5. The molecular weight excluding hydrogens is 693 g/mol. The number of nitrogens with zero attached hydrogens (tertiary/aromatic N) is 5. The lowest BCUT2D eigenvalue weighted by Gasteiger charge is -2.55. The summed E-state index contributed by atoms with van der Waals surface area (Å²) in [5.41, 5.74) is 10.7. The van der Waals surface area contributed by atoms with E-state index in [1.165, 1.54) is 54.6 Å². The topological polar surface area (TPSA) is 151 Å². The summed E-state index contributed by atoms with van der Waals surface area (Å²) >= 11 is 0. The monoisotopic (exact) mass is 759 g/mol. The van der Waals surface area contributed by atoms with Crippen molar-refractivity contribution in [2.75, 3.05) is 31.6 Å². The maximum Gasteiger partial charge on any atom is 0.381 e. The van der Waals surface area contributed by atoms with Gasteiger partial charge in [-0.2, -0.15) is 0 Å². The van der Waals surface area contributed by atoms with Gasteiger partial charge in [0.1, 0.15) is 11.6 Å². The number of unbranched alkanes of at least 4 members (excludes halogenated alkanes) is 1. The van der Waals surface area contributed by atoms with E-state index in [9.17, 15) is 14.5 Å². The van der Waals surface area contributed by atoms with Crippen LogP contribution in [0.15, 0.2) is 52.9 Å². The van der Waals surface area contributed by atoms with E-state index in [2.05, 4.69) is 74.8 Å². The van der Waals surface area contributed by atoms with Gasteiger partial charge in [0.15, 0.2) is 0 Å². The minimum Gasteiger partial charge on any atom is -0.496 e. The Bertz CT molecular complexity index is 1630. The Hall–Kier alpha value is -4.12. The number of carbonyl (C=O) groups is 2. The zero-order chi connectivity index (χ0) is 40.2. The first-order chi connectivity index (χ1) is 26.2. The number of likely N-dealkylation sites (tertiary alicyclic amines) is 1. The molecule has 2 bridgehead atoms. The summed E-state index contributed by atoms with van der Waals surface area (Å²) in [5.74, 6) is 2.04. The number of benzene rings is 1. The number of nitrogens with two attached hydrogens (primary N) is 1. The first-order valence-corrected chi connectivity index (χ1v) is 20.4. The van der Waals surface area contributed by atoms with Gasteiger partial charge in [0.05, 0.1) is 31.8 Å². The standard InChI is InChI=1S/C36H50N4O2.C4H6N2O3.C4H10/c1-26-21-30(11-12-31(26)42-5)36-17-14-35(15-18-36,16-19-36)25-40(33(41)27-9-7-6-8-10-27)32-22-28(13-20-38-32)29(23-37)24-39-34(2,3)4;7-3-1-6(2-3)4(8)5-9;1-3-4-2/h11-13,20-24,27H,6-10,14-19,25,37H2,1-5H3;3,7H,1-2H2;3-4H2,1-2H3/b29-23+,39-24?;;. The second kappa shape index (κ2) is 19.6. The van der Waals surface area contributed by atoms with Gasteiger partial charge in [-0.25, -0.2) is 9.78 Å². The van der Waals surface area contributed by atoms with E-state index >= 15 is 0 Å². The van der Waals surface area contributed by atoms with Gasteiger partial charge >= 0.3 is 6.03 Å². The van der Waals surface area contributed by atoms with Crippen LogP contribution in [-0.2, 0) is 10.2 Å². The predicted octanol–water partition coefficient (Wildman–Crippen LogP) is 9.13. The summed E-state index contributed by atoms with van der Waals surface area (Å²) in [6.07, 6.45) is 19.8. The lowest BCUT2D eigenvalue weighted by Crippen LogP contribution is -2.52. The molecule has 4 saturated carbocycles. The number of hydrogen-bond acceptors (Lipinski definition) is 8. The maximum atomic E-state index is 14.2. The van der Waals surface area contributed by atoms with Crippen molar-refractivity contribution in [1.82, 2.24) is 9.88 Å². The highest BCUT2D eigenvalue weighted by atomic mass is 16.5. The van der Waals surface area contributed by atoms with Crippen molar-refractivity contribution in [1.29, 1.82) is 0 Å². The molecule has 0 unspecified atom stereocenters. The minimum absolute atomic E-state index is 0.0844. The number of ether oxygens (including phenoxy) is 1. The summed E-state index contributed by atoms with van der Waals surface area (Å²) in [6.45, 7) is 13.9. The number of nitroso groups, excluding NO2 is 1. The van der Waals surface area contributed by atoms with E-state index in [-0.39, 0.29) is 41.3 Å². The van der Waals surface area contributed by atoms with Gasteiger partial charge in [-0.3, -0.25) is 14.7 Å². The number of aryl methyl sites for hydroxylation is 1. The SMILES string of the molecule is CCCC.COc1ccc(C23CCC(CN(C(=O)C4CCCCC4)c4cc(/C(C=NC(C)(C)C)=C/N)ccn4)(CC2)CC3)cc1C.O=NC(=O)N1CC(O)C1.